The first kappa shape index (κ1) is 15.4. The highest BCUT2D eigenvalue weighted by atomic mass is 16.5. The summed E-state index contributed by atoms with van der Waals surface area (Å²) < 4.78 is 9.95. The lowest BCUT2D eigenvalue weighted by Gasteiger charge is -2.27. The number of benzene rings is 1. The Morgan fingerprint density at radius 1 is 1.24 bits per heavy atom. The number of hydrogen-bond acceptors (Lipinski definition) is 4. The molecule has 1 N–H and O–H groups in total. The van der Waals surface area contributed by atoms with Gasteiger partial charge in [0.25, 0.3) is 0 Å². The Hall–Kier alpha value is -2.04. The van der Waals surface area contributed by atoms with Crippen LogP contribution in [0.2, 0.25) is 0 Å². The predicted molar refractivity (Wildman–Crippen MR) is 77.5 cm³/mol. The second kappa shape index (κ2) is 7.67. The smallest absolute Gasteiger partial charge is 0.407 e. The molecule has 0 heterocycles. The average Bonchev–Trinajstić information content (AvgIpc) is 2.53. The van der Waals surface area contributed by atoms with Crippen LogP contribution in [0.5, 0.6) is 0 Å². The Bertz CT molecular complexity index is 474. The summed E-state index contributed by atoms with van der Waals surface area (Å²) in [6.45, 7) is 0.250. The molecule has 1 aromatic carbocycles. The highest BCUT2D eigenvalue weighted by molar-refractivity contribution is 5.73. The maximum Gasteiger partial charge on any atom is 0.407 e. The van der Waals surface area contributed by atoms with E-state index in [9.17, 15) is 9.59 Å². The molecule has 1 saturated carbocycles. The van der Waals surface area contributed by atoms with Gasteiger partial charge in [0.15, 0.2) is 0 Å². The van der Waals surface area contributed by atoms with Crippen molar-refractivity contribution in [2.45, 2.75) is 38.3 Å². The second-order valence-electron chi connectivity index (χ2n) is 5.29. The summed E-state index contributed by atoms with van der Waals surface area (Å²) in [6, 6.07) is 9.50. The summed E-state index contributed by atoms with van der Waals surface area (Å²) in [6.07, 6.45) is 2.78. The lowest BCUT2D eigenvalue weighted by Crippen LogP contribution is -2.40. The number of carbonyl (C=O) groups is 2. The van der Waals surface area contributed by atoms with Gasteiger partial charge in [-0.2, -0.15) is 0 Å². The fourth-order valence-electron chi connectivity index (χ4n) is 2.63. The number of ether oxygens (including phenoxy) is 2. The monoisotopic (exact) mass is 291 g/mol. The van der Waals surface area contributed by atoms with Crippen LogP contribution < -0.4 is 5.32 Å². The van der Waals surface area contributed by atoms with Gasteiger partial charge in [-0.25, -0.2) is 4.79 Å². The molecule has 0 aliphatic heterocycles. The average molecular weight is 291 g/mol. The number of nitrogens with one attached hydrogen (secondary N) is 1. The molecule has 0 bridgehead atoms. The largest absolute Gasteiger partial charge is 0.469 e. The molecule has 1 fully saturated rings. The first-order chi connectivity index (χ1) is 10.2. The van der Waals surface area contributed by atoms with Crippen LogP contribution in [0, 0.1) is 5.92 Å². The predicted octanol–water partition coefficient (Wildman–Crippen LogP) is 2.64. The molecule has 1 amide bonds. The summed E-state index contributed by atoms with van der Waals surface area (Å²) in [5.41, 5.74) is 0.948. The van der Waals surface area contributed by atoms with Crippen molar-refractivity contribution in [1.29, 1.82) is 0 Å². The van der Waals surface area contributed by atoms with Crippen molar-refractivity contribution in [3.05, 3.63) is 35.9 Å². The van der Waals surface area contributed by atoms with Crippen LogP contribution in [0.4, 0.5) is 4.79 Å². The molecule has 0 radical (unpaired) electrons. The van der Waals surface area contributed by atoms with Gasteiger partial charge in [0.05, 0.1) is 13.0 Å². The number of carbonyl (C=O) groups excluding carboxylic acids is 2. The normalized spacial score (nSPS) is 21.4. The lowest BCUT2D eigenvalue weighted by molar-refractivity contribution is -0.146. The SMILES string of the molecule is COC(=O)C1CCCC(NC(=O)OCc2ccccc2)C1. The van der Waals surface area contributed by atoms with E-state index in [2.05, 4.69) is 5.32 Å². The molecule has 1 aliphatic carbocycles. The van der Waals surface area contributed by atoms with E-state index >= 15 is 0 Å². The van der Waals surface area contributed by atoms with Crippen LogP contribution in [0.3, 0.4) is 0 Å². The van der Waals surface area contributed by atoms with Crippen molar-refractivity contribution in [1.82, 2.24) is 5.32 Å². The van der Waals surface area contributed by atoms with Gasteiger partial charge in [-0.15, -0.1) is 0 Å². The molecule has 0 aromatic heterocycles. The van der Waals surface area contributed by atoms with Crippen molar-refractivity contribution in [3.8, 4) is 0 Å². The maximum atomic E-state index is 11.8. The van der Waals surface area contributed by atoms with Crippen LogP contribution in [-0.2, 0) is 20.9 Å². The van der Waals surface area contributed by atoms with E-state index in [1.54, 1.807) is 0 Å². The Kier molecular flexibility index (Phi) is 5.60. The van der Waals surface area contributed by atoms with Crippen molar-refractivity contribution in [3.63, 3.8) is 0 Å². The van der Waals surface area contributed by atoms with Gasteiger partial charge in [0.1, 0.15) is 6.61 Å². The standard InChI is InChI=1S/C16H21NO4/c1-20-15(18)13-8-5-9-14(10-13)17-16(19)21-11-12-6-3-2-4-7-12/h2-4,6-7,13-14H,5,8-11H2,1H3,(H,17,19). The number of esters is 1. The fraction of sp³-hybridized carbons (Fsp3) is 0.500. The summed E-state index contributed by atoms with van der Waals surface area (Å²) in [5.74, 6) is -0.317. The number of amides is 1. The fourth-order valence-corrected chi connectivity index (χ4v) is 2.63. The Morgan fingerprint density at radius 3 is 2.71 bits per heavy atom. The molecule has 1 aliphatic rings. The first-order valence-corrected chi connectivity index (χ1v) is 7.24. The molecule has 2 unspecified atom stereocenters. The van der Waals surface area contributed by atoms with Gasteiger partial charge in [-0.1, -0.05) is 36.8 Å². The lowest BCUT2D eigenvalue weighted by atomic mass is 9.86. The van der Waals surface area contributed by atoms with Crippen molar-refractivity contribution < 1.29 is 19.1 Å². The van der Waals surface area contributed by atoms with E-state index in [1.165, 1.54) is 7.11 Å². The first-order valence-electron chi connectivity index (χ1n) is 7.24. The highest BCUT2D eigenvalue weighted by Crippen LogP contribution is 2.25. The number of hydrogen-bond donors (Lipinski definition) is 1. The molecule has 1 aromatic rings. The minimum atomic E-state index is -0.436. The van der Waals surface area contributed by atoms with Gasteiger partial charge < -0.3 is 14.8 Å². The van der Waals surface area contributed by atoms with Crippen LogP contribution in [-0.4, -0.2) is 25.2 Å². The van der Waals surface area contributed by atoms with Gasteiger partial charge in [0.2, 0.25) is 0 Å². The van der Waals surface area contributed by atoms with Gasteiger partial charge in [0, 0.05) is 6.04 Å². The number of rotatable bonds is 4. The van der Waals surface area contributed by atoms with Gasteiger partial charge in [-0.05, 0) is 24.8 Å². The molecule has 5 nitrogen and oxygen atoms in total. The van der Waals surface area contributed by atoms with Crippen molar-refractivity contribution in [2.75, 3.05) is 7.11 Å². The zero-order valence-corrected chi connectivity index (χ0v) is 12.2. The third kappa shape index (κ3) is 4.77. The summed E-state index contributed by atoms with van der Waals surface area (Å²) >= 11 is 0. The molecule has 0 saturated heterocycles. The van der Waals surface area contributed by atoms with Crippen LogP contribution >= 0.6 is 0 Å². The highest BCUT2D eigenvalue weighted by Gasteiger charge is 2.28. The van der Waals surface area contributed by atoms with Crippen LogP contribution in [0.15, 0.2) is 30.3 Å². The van der Waals surface area contributed by atoms with E-state index in [1.807, 2.05) is 30.3 Å². The van der Waals surface area contributed by atoms with E-state index < -0.39 is 6.09 Å². The molecule has 2 rings (SSSR count). The van der Waals surface area contributed by atoms with Gasteiger partial charge in [-0.3, -0.25) is 4.79 Å². The van der Waals surface area contributed by atoms with Crippen molar-refractivity contribution >= 4 is 12.1 Å². The van der Waals surface area contributed by atoms with Crippen LogP contribution in [0.1, 0.15) is 31.2 Å². The Balaban J connectivity index is 1.76. The molecule has 5 heteroatoms. The quantitative estimate of drug-likeness (QED) is 0.866. The van der Waals surface area contributed by atoms with E-state index in [0.717, 1.165) is 24.8 Å². The van der Waals surface area contributed by atoms with Gasteiger partial charge >= 0.3 is 12.1 Å². The Labute approximate surface area is 124 Å². The van der Waals surface area contributed by atoms with E-state index in [-0.39, 0.29) is 24.5 Å². The summed E-state index contributed by atoms with van der Waals surface area (Å²) in [5, 5.41) is 2.83. The number of methoxy groups -OCH3 is 1. The molecule has 2 atom stereocenters. The zero-order valence-electron chi connectivity index (χ0n) is 12.2. The maximum absolute atomic E-state index is 11.8. The Morgan fingerprint density at radius 2 is 2.00 bits per heavy atom. The third-order valence-electron chi connectivity index (χ3n) is 3.74. The van der Waals surface area contributed by atoms with Crippen LogP contribution in [0.25, 0.3) is 0 Å². The summed E-state index contributed by atoms with van der Waals surface area (Å²) in [4.78, 5) is 23.3. The molecule has 114 valence electrons. The van der Waals surface area contributed by atoms with E-state index in [4.69, 9.17) is 9.47 Å². The molecular formula is C16H21NO4. The third-order valence-corrected chi connectivity index (χ3v) is 3.74. The zero-order chi connectivity index (χ0) is 15.1. The second-order valence-corrected chi connectivity index (χ2v) is 5.29. The molecule has 0 spiro atoms. The molecular weight excluding hydrogens is 270 g/mol. The minimum absolute atomic E-state index is 0.0221. The minimum Gasteiger partial charge on any atom is -0.469 e. The number of alkyl carbamates (subject to hydrolysis) is 1. The topological polar surface area (TPSA) is 64.6 Å². The molecule has 21 heavy (non-hydrogen) atoms. The van der Waals surface area contributed by atoms with E-state index in [0.29, 0.717) is 6.42 Å². The van der Waals surface area contributed by atoms with Crippen molar-refractivity contribution in [2.24, 2.45) is 5.92 Å². The summed E-state index contributed by atoms with van der Waals surface area (Å²) in [7, 11) is 1.40.